The van der Waals surface area contributed by atoms with Gasteiger partial charge in [0.1, 0.15) is 18.1 Å². The number of anilines is 1. The Hall–Kier alpha value is -3.03. The summed E-state index contributed by atoms with van der Waals surface area (Å²) in [6.45, 7) is 0.794. The molecule has 3 aromatic rings. The SMILES string of the molecule is COc1ccc(C(=O)Nc2ccc(OCCN)c(-c3ccnn3C)c2)cc1Cl. The molecule has 0 radical (unpaired) electrons. The summed E-state index contributed by atoms with van der Waals surface area (Å²) >= 11 is 6.11. The predicted molar refractivity (Wildman–Crippen MR) is 109 cm³/mol. The van der Waals surface area contributed by atoms with Crippen LogP contribution in [0, 0.1) is 0 Å². The molecule has 0 aliphatic heterocycles. The monoisotopic (exact) mass is 400 g/mol. The number of hydrogen-bond acceptors (Lipinski definition) is 5. The highest BCUT2D eigenvalue weighted by Gasteiger charge is 2.14. The lowest BCUT2D eigenvalue weighted by Crippen LogP contribution is -2.13. The molecule has 3 rings (SSSR count). The maximum absolute atomic E-state index is 12.6. The van der Waals surface area contributed by atoms with Crippen molar-refractivity contribution in [3.63, 3.8) is 0 Å². The van der Waals surface area contributed by atoms with Gasteiger partial charge in [-0.25, -0.2) is 0 Å². The van der Waals surface area contributed by atoms with E-state index in [-0.39, 0.29) is 5.91 Å². The first-order valence-corrected chi connectivity index (χ1v) is 9.01. The first kappa shape index (κ1) is 19.7. The highest BCUT2D eigenvalue weighted by Crippen LogP contribution is 2.33. The molecule has 7 nitrogen and oxygen atoms in total. The van der Waals surface area contributed by atoms with Gasteiger partial charge in [-0.1, -0.05) is 11.6 Å². The van der Waals surface area contributed by atoms with Gasteiger partial charge < -0.3 is 20.5 Å². The molecule has 1 heterocycles. The maximum Gasteiger partial charge on any atom is 0.255 e. The fourth-order valence-corrected chi connectivity index (χ4v) is 3.01. The van der Waals surface area contributed by atoms with E-state index in [4.69, 9.17) is 26.8 Å². The maximum atomic E-state index is 12.6. The lowest BCUT2D eigenvalue weighted by atomic mass is 10.1. The first-order chi connectivity index (χ1) is 13.5. The minimum atomic E-state index is -0.281. The quantitative estimate of drug-likeness (QED) is 0.634. The van der Waals surface area contributed by atoms with Crippen LogP contribution in [-0.2, 0) is 7.05 Å². The molecule has 0 saturated heterocycles. The van der Waals surface area contributed by atoms with Crippen molar-refractivity contribution in [1.82, 2.24) is 9.78 Å². The molecule has 1 aromatic heterocycles. The van der Waals surface area contributed by atoms with Crippen LogP contribution >= 0.6 is 11.6 Å². The normalized spacial score (nSPS) is 10.6. The molecular weight excluding hydrogens is 380 g/mol. The van der Waals surface area contributed by atoms with Gasteiger partial charge in [0, 0.05) is 36.6 Å². The molecule has 0 atom stereocenters. The average Bonchev–Trinajstić information content (AvgIpc) is 3.12. The second kappa shape index (κ2) is 8.77. The number of rotatable bonds is 7. The number of benzene rings is 2. The number of nitrogens with zero attached hydrogens (tertiary/aromatic N) is 2. The van der Waals surface area contributed by atoms with E-state index in [0.717, 1.165) is 11.3 Å². The highest BCUT2D eigenvalue weighted by molar-refractivity contribution is 6.32. The fourth-order valence-electron chi connectivity index (χ4n) is 2.75. The van der Waals surface area contributed by atoms with Crippen molar-refractivity contribution < 1.29 is 14.3 Å². The van der Waals surface area contributed by atoms with Crippen LogP contribution in [0.5, 0.6) is 11.5 Å². The summed E-state index contributed by atoms with van der Waals surface area (Å²) < 4.78 is 12.6. The minimum Gasteiger partial charge on any atom is -0.495 e. The molecule has 2 aromatic carbocycles. The Bertz CT molecular complexity index is 987. The minimum absolute atomic E-state index is 0.281. The molecule has 0 spiro atoms. The van der Waals surface area contributed by atoms with Crippen molar-refractivity contribution in [1.29, 1.82) is 0 Å². The third-order valence-electron chi connectivity index (χ3n) is 4.12. The number of hydrogen-bond donors (Lipinski definition) is 2. The molecule has 0 bridgehead atoms. The van der Waals surface area contributed by atoms with E-state index in [0.29, 0.717) is 40.9 Å². The summed E-state index contributed by atoms with van der Waals surface area (Å²) in [6, 6.07) is 12.2. The van der Waals surface area contributed by atoms with Crippen molar-refractivity contribution in [2.24, 2.45) is 12.8 Å². The van der Waals surface area contributed by atoms with E-state index < -0.39 is 0 Å². The molecule has 1 amide bonds. The smallest absolute Gasteiger partial charge is 0.255 e. The molecule has 28 heavy (non-hydrogen) atoms. The number of aromatic nitrogens is 2. The molecule has 146 valence electrons. The van der Waals surface area contributed by atoms with Crippen LogP contribution in [0.15, 0.2) is 48.7 Å². The Morgan fingerprint density at radius 1 is 1.21 bits per heavy atom. The second-order valence-corrected chi connectivity index (χ2v) is 6.40. The van der Waals surface area contributed by atoms with Gasteiger partial charge in [0.25, 0.3) is 5.91 Å². The topological polar surface area (TPSA) is 91.4 Å². The number of methoxy groups -OCH3 is 1. The number of carbonyl (C=O) groups is 1. The molecule has 8 heteroatoms. The average molecular weight is 401 g/mol. The third kappa shape index (κ3) is 4.27. The number of carbonyl (C=O) groups excluding carboxylic acids is 1. The Kier molecular flexibility index (Phi) is 6.18. The molecular formula is C20H21ClN4O3. The van der Waals surface area contributed by atoms with E-state index in [1.807, 2.05) is 19.2 Å². The number of halogens is 1. The molecule has 3 N–H and O–H groups in total. The standard InChI is InChI=1S/C20H21ClN4O3/c1-25-17(7-9-23-25)15-12-14(4-6-18(15)28-10-8-22)24-20(26)13-3-5-19(27-2)16(21)11-13/h3-7,9,11-12H,8,10,22H2,1-2H3,(H,24,26). The number of amides is 1. The van der Waals surface area contributed by atoms with Crippen LogP contribution in [0.1, 0.15) is 10.4 Å². The van der Waals surface area contributed by atoms with Gasteiger partial charge in [-0.15, -0.1) is 0 Å². The molecule has 0 saturated carbocycles. The van der Waals surface area contributed by atoms with Crippen LogP contribution in [0.4, 0.5) is 5.69 Å². The fraction of sp³-hybridized carbons (Fsp3) is 0.200. The summed E-state index contributed by atoms with van der Waals surface area (Å²) in [4.78, 5) is 12.6. The summed E-state index contributed by atoms with van der Waals surface area (Å²) in [5.41, 5.74) is 8.26. The summed E-state index contributed by atoms with van der Waals surface area (Å²) in [6.07, 6.45) is 1.70. The molecule has 0 aliphatic carbocycles. The van der Waals surface area contributed by atoms with Gasteiger partial charge in [0.05, 0.1) is 17.8 Å². The van der Waals surface area contributed by atoms with Gasteiger partial charge in [-0.2, -0.15) is 5.10 Å². The Morgan fingerprint density at radius 3 is 2.64 bits per heavy atom. The zero-order valence-corrected chi connectivity index (χ0v) is 16.4. The summed E-state index contributed by atoms with van der Waals surface area (Å²) in [5, 5.41) is 7.45. The van der Waals surface area contributed by atoms with Crippen LogP contribution in [-0.4, -0.2) is 35.9 Å². The van der Waals surface area contributed by atoms with E-state index in [1.165, 1.54) is 7.11 Å². The van der Waals surface area contributed by atoms with Gasteiger partial charge in [-0.05, 0) is 42.5 Å². The number of nitrogens with one attached hydrogen (secondary N) is 1. The summed E-state index contributed by atoms with van der Waals surface area (Å²) in [7, 11) is 3.36. The third-order valence-corrected chi connectivity index (χ3v) is 4.42. The van der Waals surface area contributed by atoms with Crippen molar-refractivity contribution in [3.8, 4) is 22.8 Å². The Morgan fingerprint density at radius 2 is 2.00 bits per heavy atom. The van der Waals surface area contributed by atoms with Crippen LogP contribution < -0.4 is 20.5 Å². The first-order valence-electron chi connectivity index (χ1n) is 8.63. The molecule has 0 fully saturated rings. The van der Waals surface area contributed by atoms with Crippen molar-refractivity contribution in [2.45, 2.75) is 0 Å². The molecule has 0 aliphatic rings. The number of nitrogens with two attached hydrogens (primary N) is 1. The van der Waals surface area contributed by atoms with E-state index in [9.17, 15) is 4.79 Å². The van der Waals surface area contributed by atoms with E-state index >= 15 is 0 Å². The largest absolute Gasteiger partial charge is 0.495 e. The lowest BCUT2D eigenvalue weighted by molar-refractivity contribution is 0.102. The Labute approximate surface area is 168 Å². The molecule has 0 unspecified atom stereocenters. The van der Waals surface area contributed by atoms with Gasteiger partial charge >= 0.3 is 0 Å². The van der Waals surface area contributed by atoms with E-state index in [1.54, 1.807) is 41.2 Å². The van der Waals surface area contributed by atoms with Crippen LogP contribution in [0.2, 0.25) is 5.02 Å². The van der Waals surface area contributed by atoms with Gasteiger partial charge in [0.2, 0.25) is 0 Å². The lowest BCUT2D eigenvalue weighted by Gasteiger charge is -2.14. The zero-order valence-electron chi connectivity index (χ0n) is 15.6. The zero-order chi connectivity index (χ0) is 20.1. The van der Waals surface area contributed by atoms with Crippen molar-refractivity contribution in [2.75, 3.05) is 25.6 Å². The van der Waals surface area contributed by atoms with E-state index in [2.05, 4.69) is 10.4 Å². The van der Waals surface area contributed by atoms with Crippen molar-refractivity contribution in [3.05, 3.63) is 59.2 Å². The predicted octanol–water partition coefficient (Wildman–Crippen LogP) is 3.34. The number of ether oxygens (including phenoxy) is 2. The van der Waals surface area contributed by atoms with Crippen molar-refractivity contribution >= 4 is 23.2 Å². The summed E-state index contributed by atoms with van der Waals surface area (Å²) in [5.74, 6) is 0.897. The van der Waals surface area contributed by atoms with Crippen LogP contribution in [0.3, 0.4) is 0 Å². The Balaban J connectivity index is 1.89. The number of aryl methyl sites for hydroxylation is 1. The highest BCUT2D eigenvalue weighted by atomic mass is 35.5. The van der Waals surface area contributed by atoms with Crippen LogP contribution in [0.25, 0.3) is 11.3 Å². The van der Waals surface area contributed by atoms with Gasteiger partial charge in [-0.3, -0.25) is 9.48 Å². The van der Waals surface area contributed by atoms with Gasteiger partial charge in [0.15, 0.2) is 0 Å². The second-order valence-electron chi connectivity index (χ2n) is 5.99.